The van der Waals surface area contributed by atoms with Gasteiger partial charge in [-0.1, -0.05) is 12.5 Å². The zero-order valence-corrected chi connectivity index (χ0v) is 14.6. The van der Waals surface area contributed by atoms with Gasteiger partial charge in [0.25, 0.3) is 0 Å². The molecule has 0 aliphatic carbocycles. The number of hydrogen-bond donors (Lipinski definition) is 1. The van der Waals surface area contributed by atoms with Crippen LogP contribution in [-0.4, -0.2) is 50.1 Å². The van der Waals surface area contributed by atoms with Crippen molar-refractivity contribution < 1.29 is 19.1 Å². The highest BCUT2D eigenvalue weighted by Gasteiger charge is 2.26. The Bertz CT molecular complexity index is 588. The van der Waals surface area contributed by atoms with Crippen molar-refractivity contribution in [2.75, 3.05) is 32.6 Å². The molecule has 6 nitrogen and oxygen atoms in total. The van der Waals surface area contributed by atoms with E-state index in [1.165, 1.54) is 7.11 Å². The molecule has 0 aromatic heterocycles. The van der Waals surface area contributed by atoms with Crippen LogP contribution < -0.4 is 10.1 Å². The van der Waals surface area contributed by atoms with Crippen LogP contribution in [0.4, 0.5) is 5.69 Å². The number of carbonyl (C=O) groups is 2. The van der Waals surface area contributed by atoms with E-state index < -0.39 is 0 Å². The SMILES string of the molecule is COC(=O)CC1CCCCN1CC(=O)Nc1cc(C)ccc1OC. The number of aryl methyl sites for hydroxylation is 1. The highest BCUT2D eigenvalue weighted by Crippen LogP contribution is 2.25. The van der Waals surface area contributed by atoms with Crippen molar-refractivity contribution in [3.8, 4) is 5.75 Å². The summed E-state index contributed by atoms with van der Waals surface area (Å²) in [7, 11) is 2.98. The molecule has 0 radical (unpaired) electrons. The molecule has 0 spiro atoms. The van der Waals surface area contributed by atoms with Gasteiger partial charge in [0, 0.05) is 6.04 Å². The topological polar surface area (TPSA) is 67.9 Å². The van der Waals surface area contributed by atoms with Crippen LogP contribution in [-0.2, 0) is 14.3 Å². The monoisotopic (exact) mass is 334 g/mol. The molecule has 1 fully saturated rings. The van der Waals surface area contributed by atoms with Crippen molar-refractivity contribution in [1.29, 1.82) is 0 Å². The van der Waals surface area contributed by atoms with Gasteiger partial charge >= 0.3 is 5.97 Å². The van der Waals surface area contributed by atoms with Gasteiger partial charge in [-0.05, 0) is 44.0 Å². The molecule has 1 aromatic rings. The van der Waals surface area contributed by atoms with Crippen LogP contribution in [0.15, 0.2) is 18.2 Å². The molecule has 1 unspecified atom stereocenters. The summed E-state index contributed by atoms with van der Waals surface area (Å²) in [5, 5.41) is 2.92. The van der Waals surface area contributed by atoms with Gasteiger partial charge in [0.2, 0.25) is 5.91 Å². The molecule has 24 heavy (non-hydrogen) atoms. The Morgan fingerprint density at radius 2 is 2.08 bits per heavy atom. The third-order valence-electron chi connectivity index (χ3n) is 4.35. The standard InChI is InChI=1S/C18H26N2O4/c1-13-7-8-16(23-2)15(10-13)19-17(21)12-20-9-5-4-6-14(20)11-18(22)24-3/h7-8,10,14H,4-6,9,11-12H2,1-3H3,(H,19,21). The van der Waals surface area contributed by atoms with E-state index in [0.29, 0.717) is 17.9 Å². The Morgan fingerprint density at radius 3 is 2.79 bits per heavy atom. The second kappa shape index (κ2) is 8.68. The van der Waals surface area contributed by atoms with Crippen LogP contribution in [0.25, 0.3) is 0 Å². The lowest BCUT2D eigenvalue weighted by atomic mass is 9.99. The molecule has 132 valence electrons. The summed E-state index contributed by atoms with van der Waals surface area (Å²) in [5.74, 6) is 0.307. The number of benzene rings is 1. The van der Waals surface area contributed by atoms with Crippen LogP contribution in [0, 0.1) is 6.92 Å². The fourth-order valence-corrected chi connectivity index (χ4v) is 3.07. The predicted octanol–water partition coefficient (Wildman–Crippen LogP) is 2.36. The van der Waals surface area contributed by atoms with Crippen LogP contribution >= 0.6 is 0 Å². The molecular formula is C18H26N2O4. The minimum atomic E-state index is -0.229. The van der Waals surface area contributed by atoms with Crippen molar-refractivity contribution in [3.05, 3.63) is 23.8 Å². The third kappa shape index (κ3) is 4.96. The zero-order valence-electron chi connectivity index (χ0n) is 14.6. The molecule has 0 bridgehead atoms. The number of amides is 1. The number of carbonyl (C=O) groups excluding carboxylic acids is 2. The number of rotatable bonds is 6. The van der Waals surface area contributed by atoms with E-state index in [2.05, 4.69) is 10.2 Å². The van der Waals surface area contributed by atoms with E-state index in [1.807, 2.05) is 25.1 Å². The Morgan fingerprint density at radius 1 is 1.29 bits per heavy atom. The molecule has 1 saturated heterocycles. The fourth-order valence-electron chi connectivity index (χ4n) is 3.07. The fraction of sp³-hybridized carbons (Fsp3) is 0.556. The summed E-state index contributed by atoms with van der Waals surface area (Å²) >= 11 is 0. The first kappa shape index (κ1) is 18.3. The van der Waals surface area contributed by atoms with E-state index in [0.717, 1.165) is 31.4 Å². The van der Waals surface area contributed by atoms with Gasteiger partial charge in [0.1, 0.15) is 5.75 Å². The van der Waals surface area contributed by atoms with Crippen LogP contribution in [0.3, 0.4) is 0 Å². The average Bonchev–Trinajstić information content (AvgIpc) is 2.56. The first-order chi connectivity index (χ1) is 11.5. The lowest BCUT2D eigenvalue weighted by Gasteiger charge is -2.34. The highest BCUT2D eigenvalue weighted by molar-refractivity contribution is 5.93. The lowest BCUT2D eigenvalue weighted by molar-refractivity contribution is -0.142. The summed E-state index contributed by atoms with van der Waals surface area (Å²) in [5.41, 5.74) is 1.72. The number of nitrogens with zero attached hydrogens (tertiary/aromatic N) is 1. The van der Waals surface area contributed by atoms with Gasteiger partial charge in [-0.2, -0.15) is 0 Å². The number of anilines is 1. The van der Waals surface area contributed by atoms with E-state index in [-0.39, 0.29) is 24.5 Å². The number of piperidine rings is 1. The number of esters is 1. The average molecular weight is 334 g/mol. The van der Waals surface area contributed by atoms with Crippen LogP contribution in [0.1, 0.15) is 31.2 Å². The van der Waals surface area contributed by atoms with E-state index in [9.17, 15) is 9.59 Å². The summed E-state index contributed by atoms with van der Waals surface area (Å²) in [6.07, 6.45) is 3.36. The second-order valence-electron chi connectivity index (χ2n) is 6.15. The molecular weight excluding hydrogens is 308 g/mol. The highest BCUT2D eigenvalue weighted by atomic mass is 16.5. The first-order valence-corrected chi connectivity index (χ1v) is 8.29. The number of likely N-dealkylation sites (tertiary alicyclic amines) is 1. The number of methoxy groups -OCH3 is 2. The van der Waals surface area contributed by atoms with E-state index in [1.54, 1.807) is 7.11 Å². The van der Waals surface area contributed by atoms with Gasteiger partial charge in [-0.3, -0.25) is 14.5 Å². The largest absolute Gasteiger partial charge is 0.495 e. The van der Waals surface area contributed by atoms with E-state index >= 15 is 0 Å². The molecule has 1 atom stereocenters. The third-order valence-corrected chi connectivity index (χ3v) is 4.35. The molecule has 6 heteroatoms. The van der Waals surface area contributed by atoms with Crippen molar-refractivity contribution in [2.45, 2.75) is 38.6 Å². The zero-order chi connectivity index (χ0) is 17.5. The molecule has 1 N–H and O–H groups in total. The first-order valence-electron chi connectivity index (χ1n) is 8.29. The maximum atomic E-state index is 12.4. The number of ether oxygens (including phenoxy) is 2. The quantitative estimate of drug-likeness (QED) is 0.809. The Labute approximate surface area is 143 Å². The smallest absolute Gasteiger partial charge is 0.307 e. The van der Waals surface area contributed by atoms with Crippen molar-refractivity contribution >= 4 is 17.6 Å². The van der Waals surface area contributed by atoms with Crippen LogP contribution in [0.5, 0.6) is 5.75 Å². The molecule has 1 amide bonds. The Balaban J connectivity index is 1.99. The van der Waals surface area contributed by atoms with Gasteiger partial charge in [0.15, 0.2) is 0 Å². The lowest BCUT2D eigenvalue weighted by Crippen LogP contribution is -2.45. The molecule has 1 aliphatic heterocycles. The Kier molecular flexibility index (Phi) is 6.61. The maximum Gasteiger partial charge on any atom is 0.307 e. The summed E-state index contributed by atoms with van der Waals surface area (Å²) in [6.45, 7) is 3.05. The minimum Gasteiger partial charge on any atom is -0.495 e. The maximum absolute atomic E-state index is 12.4. The van der Waals surface area contributed by atoms with Gasteiger partial charge in [0.05, 0.1) is 32.9 Å². The molecule has 0 saturated carbocycles. The molecule has 1 aromatic carbocycles. The molecule has 1 heterocycles. The minimum absolute atomic E-state index is 0.0661. The molecule has 2 rings (SSSR count). The second-order valence-corrected chi connectivity index (χ2v) is 6.15. The molecule has 1 aliphatic rings. The van der Waals surface area contributed by atoms with Gasteiger partial charge in [-0.15, -0.1) is 0 Å². The normalized spacial score (nSPS) is 18.0. The number of hydrogen-bond acceptors (Lipinski definition) is 5. The van der Waals surface area contributed by atoms with Crippen molar-refractivity contribution in [3.63, 3.8) is 0 Å². The summed E-state index contributed by atoms with van der Waals surface area (Å²) < 4.78 is 10.1. The van der Waals surface area contributed by atoms with Gasteiger partial charge < -0.3 is 14.8 Å². The van der Waals surface area contributed by atoms with Crippen LogP contribution in [0.2, 0.25) is 0 Å². The van der Waals surface area contributed by atoms with E-state index in [4.69, 9.17) is 9.47 Å². The van der Waals surface area contributed by atoms with Crippen molar-refractivity contribution in [2.24, 2.45) is 0 Å². The summed E-state index contributed by atoms with van der Waals surface area (Å²) in [6, 6.07) is 5.73. The number of nitrogens with one attached hydrogen (secondary N) is 1. The van der Waals surface area contributed by atoms with Gasteiger partial charge in [-0.25, -0.2) is 0 Å². The van der Waals surface area contributed by atoms with Crippen molar-refractivity contribution in [1.82, 2.24) is 4.90 Å². The predicted molar refractivity (Wildman–Crippen MR) is 92.2 cm³/mol. The Hall–Kier alpha value is -2.08. The summed E-state index contributed by atoms with van der Waals surface area (Å²) in [4.78, 5) is 26.1.